The topological polar surface area (TPSA) is 220 Å². The maximum absolute atomic E-state index is 14.7. The van der Waals surface area contributed by atoms with Gasteiger partial charge in [0.25, 0.3) is 11.8 Å². The van der Waals surface area contributed by atoms with Crippen LogP contribution in [0.4, 0.5) is 11.4 Å². The number of aliphatic hydroxyl groups excluding tert-OH is 5. The van der Waals surface area contributed by atoms with Crippen molar-refractivity contribution in [2.45, 2.75) is 93.9 Å². The van der Waals surface area contributed by atoms with E-state index in [0.29, 0.717) is 52.6 Å². The van der Waals surface area contributed by atoms with Crippen molar-refractivity contribution in [2.24, 2.45) is 5.92 Å². The van der Waals surface area contributed by atoms with Gasteiger partial charge in [-0.05, 0) is 55.4 Å². The van der Waals surface area contributed by atoms with Crippen LogP contribution in [0.25, 0.3) is 0 Å². The van der Waals surface area contributed by atoms with Crippen LogP contribution in [0.2, 0.25) is 23.7 Å². The van der Waals surface area contributed by atoms with Gasteiger partial charge in [-0.25, -0.2) is 0 Å². The molecule has 3 aromatic rings. The molecule has 2 aromatic carbocycles. The Labute approximate surface area is 294 Å². The molecule has 2 saturated heterocycles. The minimum absolute atomic E-state index is 0.0439. The van der Waals surface area contributed by atoms with Crippen molar-refractivity contribution in [2.75, 3.05) is 16.8 Å². The van der Waals surface area contributed by atoms with Crippen molar-refractivity contribution < 1.29 is 49.4 Å². The van der Waals surface area contributed by atoms with E-state index in [1.807, 2.05) is 20.0 Å². The summed E-state index contributed by atoms with van der Waals surface area (Å²) in [6.07, 6.45) is -6.79. The lowest BCUT2D eigenvalue weighted by Gasteiger charge is -2.37. The average molecular weight is 732 g/mol. The van der Waals surface area contributed by atoms with Gasteiger partial charge in [0.15, 0.2) is 26.3 Å². The van der Waals surface area contributed by atoms with E-state index < -0.39 is 62.6 Å². The van der Waals surface area contributed by atoms with Gasteiger partial charge in [0.2, 0.25) is 0 Å². The Morgan fingerprint density at radius 1 is 1.10 bits per heavy atom. The van der Waals surface area contributed by atoms with Crippen LogP contribution in [-0.2, 0) is 44.2 Å². The lowest BCUT2D eigenvalue weighted by Crippen LogP contribution is -2.60. The van der Waals surface area contributed by atoms with Crippen LogP contribution < -0.4 is 10.2 Å². The fourth-order valence-corrected chi connectivity index (χ4v) is 10.4. The Kier molecular flexibility index (Phi) is 10.2. The molecule has 3 aliphatic heterocycles. The average Bonchev–Trinajstić information content (AvgIpc) is 3.70. The summed E-state index contributed by atoms with van der Waals surface area (Å²) in [4.78, 5) is 40.9. The standard InChI is InChI=1S/C33H42ClN5O10Si/c1-17-29(50(2,3)47)24(9-11-38-16-21(10-12-40)36-37-38)49-33(17)22-14-19(34)7-8-23(22)39(32(33)46)15-18-5-4-6-20(13-18)35-30(44)28-26(42)25(41)27(43)31(45)48-28/h4-8,13-14,16-17,24-29,31,40-43,45,47H,9-12,15H2,1-3H3,(H,35,44)/t17-,24+,25+,26+,27-,28+,29-,31-,33+/m1/s1. The van der Waals surface area contributed by atoms with Gasteiger partial charge in [0, 0.05) is 53.5 Å². The summed E-state index contributed by atoms with van der Waals surface area (Å²) in [6.45, 7) is 6.08. The van der Waals surface area contributed by atoms with E-state index in [1.165, 1.54) is 0 Å². The van der Waals surface area contributed by atoms with Crippen molar-refractivity contribution >= 4 is 43.1 Å². The fraction of sp³-hybridized carbons (Fsp3) is 0.515. The van der Waals surface area contributed by atoms with Gasteiger partial charge >= 0.3 is 0 Å². The number of benzene rings is 2. The monoisotopic (exact) mass is 731 g/mol. The lowest BCUT2D eigenvalue weighted by molar-refractivity contribution is -0.274. The Morgan fingerprint density at radius 2 is 1.86 bits per heavy atom. The van der Waals surface area contributed by atoms with Crippen LogP contribution in [0.1, 0.15) is 30.2 Å². The number of nitrogens with zero attached hydrogens (tertiary/aromatic N) is 4. The number of aliphatic hydroxyl groups is 5. The third-order valence-electron chi connectivity index (χ3n) is 9.92. The first-order valence-electron chi connectivity index (χ1n) is 16.4. The highest BCUT2D eigenvalue weighted by Gasteiger charge is 2.66. The maximum atomic E-state index is 14.7. The normalized spacial score (nSPS) is 31.0. The van der Waals surface area contributed by atoms with E-state index >= 15 is 0 Å². The summed E-state index contributed by atoms with van der Waals surface area (Å²) >= 11 is 6.51. The number of ether oxygens (including phenoxy) is 2. The summed E-state index contributed by atoms with van der Waals surface area (Å²) in [5.41, 5.74) is 1.03. The fourth-order valence-electron chi connectivity index (χ4n) is 7.63. The van der Waals surface area contributed by atoms with Gasteiger partial charge in [0.05, 0.1) is 24.0 Å². The number of hydrogen-bond donors (Lipinski definition) is 7. The first-order valence-corrected chi connectivity index (χ1v) is 19.9. The number of hydrogen-bond acceptors (Lipinski definition) is 12. The summed E-state index contributed by atoms with van der Waals surface area (Å²) in [5, 5.41) is 60.4. The zero-order valence-electron chi connectivity index (χ0n) is 27.8. The second-order valence-corrected chi connectivity index (χ2v) is 18.2. The summed E-state index contributed by atoms with van der Waals surface area (Å²) < 4.78 is 13.6. The smallest absolute Gasteiger partial charge is 0.264 e. The number of halogens is 1. The van der Waals surface area contributed by atoms with Crippen molar-refractivity contribution in [3.8, 4) is 0 Å². The molecule has 17 heteroatoms. The zero-order chi connectivity index (χ0) is 36.1. The molecule has 7 N–H and O–H groups in total. The molecule has 9 atom stereocenters. The van der Waals surface area contributed by atoms with Crippen LogP contribution in [-0.4, -0.2) is 109 Å². The Morgan fingerprint density at radius 3 is 2.58 bits per heavy atom. The highest BCUT2D eigenvalue weighted by Crippen LogP contribution is 2.60. The van der Waals surface area contributed by atoms with Crippen LogP contribution in [0, 0.1) is 5.92 Å². The second-order valence-electron chi connectivity index (χ2n) is 13.8. The Bertz CT molecular complexity index is 1740. The molecule has 0 unspecified atom stereocenters. The first kappa shape index (κ1) is 36.5. The van der Waals surface area contributed by atoms with Gasteiger partial charge in [-0.1, -0.05) is 35.9 Å². The van der Waals surface area contributed by atoms with Crippen molar-refractivity contribution in [3.05, 3.63) is 70.5 Å². The number of anilines is 2. The number of nitrogens with one attached hydrogen (secondary N) is 1. The SMILES string of the molecule is C[C@@H]1[C@@H]([Si](C)(C)O)[C@H](CCn2cc(CCO)nn2)O[C@@]12C(=O)N(Cc1cccc(NC(=O)[C@H]3O[C@@H](O)[C@H](O)[C@@H](O)[C@@H]3O)c1)c1ccc(Cl)cc12. The van der Waals surface area contributed by atoms with E-state index in [9.17, 15) is 39.9 Å². The third kappa shape index (κ3) is 6.61. The van der Waals surface area contributed by atoms with E-state index in [-0.39, 0.29) is 24.6 Å². The van der Waals surface area contributed by atoms with Gasteiger partial charge in [-0.2, -0.15) is 0 Å². The van der Waals surface area contributed by atoms with E-state index in [4.69, 9.17) is 21.1 Å². The number of amides is 2. The largest absolute Gasteiger partial charge is 0.432 e. The quantitative estimate of drug-likeness (QED) is 0.143. The highest BCUT2D eigenvalue weighted by atomic mass is 35.5. The van der Waals surface area contributed by atoms with Crippen molar-refractivity contribution in [1.29, 1.82) is 0 Å². The van der Waals surface area contributed by atoms with Crippen molar-refractivity contribution in [1.82, 2.24) is 15.0 Å². The van der Waals surface area contributed by atoms with E-state index in [2.05, 4.69) is 15.6 Å². The molecule has 6 rings (SSSR count). The highest BCUT2D eigenvalue weighted by molar-refractivity contribution is 6.71. The Balaban J connectivity index is 1.26. The van der Waals surface area contributed by atoms with E-state index in [0.717, 1.165) is 0 Å². The molecular weight excluding hydrogens is 690 g/mol. The molecule has 1 aromatic heterocycles. The van der Waals surface area contributed by atoms with Gasteiger partial charge in [-0.3, -0.25) is 14.3 Å². The molecule has 2 amide bonds. The van der Waals surface area contributed by atoms with Crippen LogP contribution in [0.3, 0.4) is 0 Å². The molecule has 0 radical (unpaired) electrons. The summed E-state index contributed by atoms with van der Waals surface area (Å²) in [7, 11) is -2.93. The number of carbonyl (C=O) groups excluding carboxylic acids is 2. The molecule has 3 aliphatic rings. The predicted molar refractivity (Wildman–Crippen MR) is 181 cm³/mol. The molecule has 1 spiro atoms. The first-order chi connectivity index (χ1) is 23.6. The zero-order valence-corrected chi connectivity index (χ0v) is 29.5. The van der Waals surface area contributed by atoms with E-state index in [1.54, 1.807) is 58.2 Å². The molecule has 15 nitrogen and oxygen atoms in total. The van der Waals surface area contributed by atoms with Crippen LogP contribution in [0.5, 0.6) is 0 Å². The van der Waals surface area contributed by atoms with Crippen LogP contribution >= 0.6 is 11.6 Å². The van der Waals surface area contributed by atoms with Gasteiger partial charge in [0.1, 0.15) is 18.3 Å². The van der Waals surface area contributed by atoms with Crippen LogP contribution in [0.15, 0.2) is 48.7 Å². The third-order valence-corrected chi connectivity index (χ3v) is 12.7. The Hall–Kier alpha value is -3.29. The number of aromatic nitrogens is 3. The molecule has 2 fully saturated rings. The predicted octanol–water partition coefficient (Wildman–Crippen LogP) is 0.640. The van der Waals surface area contributed by atoms with Gasteiger partial charge in [-0.15, -0.1) is 5.10 Å². The molecule has 0 aliphatic carbocycles. The second kappa shape index (κ2) is 14.0. The summed E-state index contributed by atoms with van der Waals surface area (Å²) in [5.74, 6) is -1.59. The molecule has 0 bridgehead atoms. The minimum atomic E-state index is -2.93. The maximum Gasteiger partial charge on any atom is 0.264 e. The van der Waals surface area contributed by atoms with Crippen molar-refractivity contribution in [3.63, 3.8) is 0 Å². The number of carbonyl (C=O) groups is 2. The molecule has 50 heavy (non-hydrogen) atoms. The summed E-state index contributed by atoms with van der Waals surface area (Å²) in [6, 6.07) is 11.9. The number of aryl methyl sites for hydroxylation is 1. The molecule has 270 valence electrons. The molecular formula is C33H42ClN5O10Si. The molecule has 0 saturated carbocycles. The number of fused-ring (bicyclic) bond motifs is 2. The van der Waals surface area contributed by atoms with Gasteiger partial charge < -0.3 is 50.0 Å². The molecule has 4 heterocycles. The number of rotatable bonds is 10. The lowest BCUT2D eigenvalue weighted by atomic mass is 9.82. The minimum Gasteiger partial charge on any atom is -0.432 e.